The van der Waals surface area contributed by atoms with Gasteiger partial charge in [-0.15, -0.1) is 10.2 Å². The first-order valence-corrected chi connectivity index (χ1v) is 8.74. The monoisotopic (exact) mass is 363 g/mol. The number of hydrogen-bond acceptors (Lipinski definition) is 5. The predicted octanol–water partition coefficient (Wildman–Crippen LogP) is -1.02. The number of nitrogens with zero attached hydrogens (tertiary/aromatic N) is 1. The average Bonchev–Trinajstić information content (AvgIpc) is 2.57. The Bertz CT molecular complexity index is 730. The van der Waals surface area contributed by atoms with Crippen LogP contribution in [-0.2, 0) is 0 Å². The topological polar surface area (TPSA) is 104 Å². The Morgan fingerprint density at radius 1 is 0.880 bits per heavy atom. The molecule has 0 spiro atoms. The number of ether oxygens (including phenoxy) is 1. The lowest BCUT2D eigenvalue weighted by atomic mass is 10.1. The lowest BCUT2D eigenvalue weighted by molar-refractivity contribution is -2.00. The molecule has 1 heterocycles. The van der Waals surface area contributed by atoms with E-state index in [4.69, 9.17) is 23.4 Å². The van der Waals surface area contributed by atoms with E-state index in [1.165, 1.54) is 11.1 Å². The van der Waals surface area contributed by atoms with E-state index in [-0.39, 0.29) is 0 Å². The molecule has 6 nitrogen and oxygen atoms in total. The van der Waals surface area contributed by atoms with Crippen LogP contribution in [0.2, 0.25) is 0 Å². The third-order valence-corrected chi connectivity index (χ3v) is 3.44. The minimum Gasteiger partial charge on any atom is -0.461 e. The summed E-state index contributed by atoms with van der Waals surface area (Å²) < 4.78 is 42.0. The molecule has 0 N–H and O–H groups in total. The van der Waals surface area contributed by atoms with Gasteiger partial charge in [0, 0.05) is 6.08 Å². The van der Waals surface area contributed by atoms with E-state index in [0.29, 0.717) is 0 Å². The molecule has 7 heteroatoms. The molecule has 0 aromatic heterocycles. The lowest BCUT2D eigenvalue weighted by Crippen LogP contribution is -2.68. The van der Waals surface area contributed by atoms with Gasteiger partial charge in [-0.05, 0) is 23.3 Å². The predicted molar refractivity (Wildman–Crippen MR) is 82.3 cm³/mol. The van der Waals surface area contributed by atoms with Crippen LogP contribution < -0.4 is 23.4 Å². The van der Waals surface area contributed by atoms with E-state index in [1.54, 1.807) is 0 Å². The number of hydrogen-bond donors (Lipinski definition) is 0. The number of benzene rings is 2. The van der Waals surface area contributed by atoms with Crippen molar-refractivity contribution in [3.63, 3.8) is 0 Å². The van der Waals surface area contributed by atoms with Gasteiger partial charge in [-0.3, -0.25) is 0 Å². The van der Waals surface area contributed by atoms with E-state index in [2.05, 4.69) is 54.2 Å². The van der Waals surface area contributed by atoms with Gasteiger partial charge >= 0.3 is 0 Å². The Morgan fingerprint density at radius 3 is 1.96 bits per heavy atom. The van der Waals surface area contributed by atoms with Gasteiger partial charge in [-0.25, -0.2) is 23.2 Å². The number of halogens is 1. The second-order valence-corrected chi connectivity index (χ2v) is 6.14. The molecule has 132 valence electrons. The van der Waals surface area contributed by atoms with Gasteiger partial charge in [0.1, 0.15) is 25.1 Å². The molecule has 0 fully saturated rings. The summed E-state index contributed by atoms with van der Waals surface area (Å²) in [5.41, 5.74) is 2.44. The van der Waals surface area contributed by atoms with E-state index < -0.39 is 10.2 Å². The van der Waals surface area contributed by atoms with E-state index in [0.717, 1.165) is 24.5 Å². The molecule has 0 atom stereocenters. The van der Waals surface area contributed by atoms with Crippen LogP contribution in [0.1, 0.15) is 6.42 Å². The van der Waals surface area contributed by atoms with Gasteiger partial charge in [-0.1, -0.05) is 42.5 Å². The smallest absolute Gasteiger partial charge is 0.166 e. The summed E-state index contributed by atoms with van der Waals surface area (Å²) in [6.45, 7) is 1.01. The van der Waals surface area contributed by atoms with Crippen LogP contribution in [0.4, 0.5) is 0 Å². The van der Waals surface area contributed by atoms with Crippen LogP contribution >= 0.6 is 0 Å². The molecule has 0 saturated heterocycles. The molecule has 0 bridgehead atoms. The summed E-state index contributed by atoms with van der Waals surface area (Å²) in [5.74, 6) is 1.92. The van der Waals surface area contributed by atoms with Crippen molar-refractivity contribution in [2.45, 2.75) is 6.42 Å². The van der Waals surface area contributed by atoms with Gasteiger partial charge in [0.25, 0.3) is 0 Å². The fraction of sp³-hybridized carbons (Fsp3) is 0.167. The molecule has 0 aliphatic carbocycles. The highest BCUT2D eigenvalue weighted by atomic mass is 35.7. The maximum absolute atomic E-state index is 8.49. The second kappa shape index (κ2) is 8.75. The molecular formula is C18H18ClNO5. The molecule has 1 aliphatic heterocycles. The average molecular weight is 364 g/mol. The largest absolute Gasteiger partial charge is 0.461 e. The molecule has 0 radical (unpaired) electrons. The van der Waals surface area contributed by atoms with Crippen LogP contribution in [0.15, 0.2) is 66.4 Å². The summed E-state index contributed by atoms with van der Waals surface area (Å²) in [7, 11) is -2.87. The first-order valence-electron chi connectivity index (χ1n) is 7.50. The minimum absolute atomic E-state index is 0.897. The molecule has 3 rings (SSSR count). The van der Waals surface area contributed by atoms with Crippen molar-refractivity contribution in [2.75, 3.05) is 13.6 Å². The second-order valence-electron chi connectivity index (χ2n) is 5.38. The molecule has 0 saturated carbocycles. The Kier molecular flexibility index (Phi) is 6.69. The Hall–Kier alpha value is -2.22. The molecule has 1 aliphatic rings. The summed E-state index contributed by atoms with van der Waals surface area (Å²) in [6.07, 6.45) is 5.04. The van der Waals surface area contributed by atoms with Crippen molar-refractivity contribution in [3.8, 4) is 16.9 Å². The van der Waals surface area contributed by atoms with E-state index in [1.807, 2.05) is 24.3 Å². The molecule has 25 heavy (non-hydrogen) atoms. The Labute approximate surface area is 148 Å². The SMILES string of the molecule is C[N+]1=CC=C(Oc2ccc(-c3ccccc3)cc2)CC1.[O-][Cl+3]([O-])([O-])[O-]. The van der Waals surface area contributed by atoms with Crippen LogP contribution in [0.3, 0.4) is 0 Å². The molecule has 0 amide bonds. The van der Waals surface area contributed by atoms with Gasteiger partial charge in [-0.2, -0.15) is 0 Å². The highest BCUT2D eigenvalue weighted by molar-refractivity contribution is 5.68. The first-order chi connectivity index (χ1) is 11.8. The Morgan fingerprint density at radius 2 is 1.44 bits per heavy atom. The van der Waals surface area contributed by atoms with Crippen molar-refractivity contribution >= 4 is 6.21 Å². The third kappa shape index (κ3) is 7.47. The third-order valence-electron chi connectivity index (χ3n) is 3.44. The first kappa shape index (κ1) is 19.1. The Balaban J connectivity index is 0.000000399. The minimum atomic E-state index is -4.94. The van der Waals surface area contributed by atoms with E-state index in [9.17, 15) is 0 Å². The lowest BCUT2D eigenvalue weighted by Gasteiger charge is -2.17. The normalized spacial score (nSPS) is 14.0. The zero-order chi connectivity index (χ0) is 18.3. The van der Waals surface area contributed by atoms with E-state index >= 15 is 0 Å². The van der Waals surface area contributed by atoms with Gasteiger partial charge in [0.05, 0.1) is 6.42 Å². The molecule has 0 unspecified atom stereocenters. The summed E-state index contributed by atoms with van der Waals surface area (Å²) in [4.78, 5) is 0. The van der Waals surface area contributed by atoms with Gasteiger partial charge in [0.2, 0.25) is 0 Å². The van der Waals surface area contributed by atoms with Gasteiger partial charge in [0.15, 0.2) is 6.21 Å². The maximum atomic E-state index is 8.49. The van der Waals surface area contributed by atoms with Crippen molar-refractivity contribution in [1.29, 1.82) is 0 Å². The zero-order valence-electron chi connectivity index (χ0n) is 13.6. The van der Waals surface area contributed by atoms with Crippen LogP contribution in [-0.4, -0.2) is 24.4 Å². The molecular weight excluding hydrogens is 346 g/mol. The van der Waals surface area contributed by atoms with Crippen molar-refractivity contribution in [3.05, 3.63) is 66.4 Å². The fourth-order valence-corrected chi connectivity index (χ4v) is 2.24. The van der Waals surface area contributed by atoms with Gasteiger partial charge < -0.3 is 4.74 Å². The summed E-state index contributed by atoms with van der Waals surface area (Å²) in [5, 5.41) is 0. The maximum Gasteiger partial charge on any atom is 0.166 e. The van der Waals surface area contributed by atoms with Crippen molar-refractivity contribution < 1.29 is 38.2 Å². The standard InChI is InChI=1S/C18H18NO.ClHO4/c1-19-13-11-18(12-14-19)20-17-9-7-16(8-10-17)15-5-3-2-4-6-15;2-1(3,4)5/h2-11,13H,12,14H2,1H3;(H,2,3,4,5)/q+1;/p-1. The number of allylic oxidation sites excluding steroid dienone is 1. The van der Waals surface area contributed by atoms with Crippen molar-refractivity contribution in [2.24, 2.45) is 0 Å². The molecule has 2 aromatic carbocycles. The quantitative estimate of drug-likeness (QED) is 0.649. The van der Waals surface area contributed by atoms with Crippen LogP contribution in [0.5, 0.6) is 5.75 Å². The fourth-order valence-electron chi connectivity index (χ4n) is 2.24. The summed E-state index contributed by atoms with van der Waals surface area (Å²) >= 11 is 0. The number of rotatable bonds is 3. The highest BCUT2D eigenvalue weighted by Gasteiger charge is 2.09. The van der Waals surface area contributed by atoms with Crippen molar-refractivity contribution in [1.82, 2.24) is 0 Å². The zero-order valence-corrected chi connectivity index (χ0v) is 14.4. The highest BCUT2D eigenvalue weighted by Crippen LogP contribution is 2.23. The summed E-state index contributed by atoms with van der Waals surface area (Å²) in [6, 6.07) is 18.6. The van der Waals surface area contributed by atoms with Crippen LogP contribution in [0, 0.1) is 10.2 Å². The van der Waals surface area contributed by atoms with Crippen LogP contribution in [0.25, 0.3) is 11.1 Å². The molecule has 2 aromatic rings.